The van der Waals surface area contributed by atoms with Gasteiger partial charge < -0.3 is 0 Å². The van der Waals surface area contributed by atoms with E-state index in [1.807, 2.05) is 23.5 Å². The first-order valence-corrected chi connectivity index (χ1v) is 8.26. The summed E-state index contributed by atoms with van der Waals surface area (Å²) in [6.07, 6.45) is 0. The van der Waals surface area contributed by atoms with Crippen molar-refractivity contribution in [2.24, 2.45) is 0 Å². The molecule has 1 aliphatic heterocycles. The van der Waals surface area contributed by atoms with E-state index >= 15 is 0 Å². The minimum Gasteiger partial charge on any atom is -0.0874 e. The largest absolute Gasteiger partial charge is 0.0874 e. The lowest BCUT2D eigenvalue weighted by Gasteiger charge is -2.24. The molecule has 0 spiro atoms. The summed E-state index contributed by atoms with van der Waals surface area (Å²) in [5.41, 5.74) is 4.17. The molecule has 3 rings (SSSR count). The first-order chi connectivity index (χ1) is 8.59. The lowest BCUT2D eigenvalue weighted by atomic mass is 10.0. The Morgan fingerprint density at radius 1 is 0.778 bits per heavy atom. The van der Waals surface area contributed by atoms with Crippen molar-refractivity contribution in [3.05, 3.63) is 45.4 Å². The summed E-state index contributed by atoms with van der Waals surface area (Å²) < 4.78 is 1.26. The van der Waals surface area contributed by atoms with Crippen LogP contribution in [0.25, 0.3) is 0 Å². The molecule has 0 saturated carbocycles. The third-order valence-corrected chi connectivity index (χ3v) is 7.46. The SMILES string of the molecule is Cc1c(C)c(Br)c2c(c1C)Sc1ccccc1S2. The van der Waals surface area contributed by atoms with Gasteiger partial charge in [0.05, 0.1) is 0 Å². The zero-order chi connectivity index (χ0) is 12.9. The van der Waals surface area contributed by atoms with Gasteiger partial charge in [-0.25, -0.2) is 0 Å². The van der Waals surface area contributed by atoms with Crippen LogP contribution in [0.2, 0.25) is 0 Å². The van der Waals surface area contributed by atoms with Crippen LogP contribution < -0.4 is 0 Å². The minimum atomic E-state index is 1.26. The molecule has 0 N–H and O–H groups in total. The van der Waals surface area contributed by atoms with Crippen molar-refractivity contribution in [2.45, 2.75) is 40.4 Å². The Labute approximate surface area is 125 Å². The standard InChI is InChI=1S/C15H13BrS2/c1-8-9(2)13(16)15-14(10(8)3)17-11-6-4-5-7-12(11)18-15/h4-7H,1-3H3. The normalized spacial score (nSPS) is 13.1. The number of rotatable bonds is 0. The molecule has 1 heterocycles. The van der Waals surface area contributed by atoms with Gasteiger partial charge in [-0.15, -0.1) is 0 Å². The summed E-state index contributed by atoms with van der Waals surface area (Å²) in [5.74, 6) is 0. The van der Waals surface area contributed by atoms with Gasteiger partial charge >= 0.3 is 0 Å². The molecule has 0 unspecified atom stereocenters. The Bertz CT molecular complexity index is 591. The number of hydrogen-bond acceptors (Lipinski definition) is 2. The van der Waals surface area contributed by atoms with E-state index in [9.17, 15) is 0 Å². The molecule has 0 fully saturated rings. The van der Waals surface area contributed by atoms with Crippen LogP contribution in [0.3, 0.4) is 0 Å². The first kappa shape index (κ1) is 12.6. The summed E-state index contributed by atoms with van der Waals surface area (Å²) in [7, 11) is 0. The van der Waals surface area contributed by atoms with Crippen LogP contribution in [0.1, 0.15) is 16.7 Å². The summed E-state index contributed by atoms with van der Waals surface area (Å²) in [6.45, 7) is 6.63. The maximum Gasteiger partial charge on any atom is 0.0410 e. The van der Waals surface area contributed by atoms with Crippen LogP contribution in [0.5, 0.6) is 0 Å². The average molecular weight is 337 g/mol. The molecule has 2 aromatic rings. The fraction of sp³-hybridized carbons (Fsp3) is 0.200. The van der Waals surface area contributed by atoms with Gasteiger partial charge in [0, 0.05) is 24.1 Å². The van der Waals surface area contributed by atoms with E-state index in [0.717, 1.165) is 0 Å². The maximum absolute atomic E-state index is 3.77. The van der Waals surface area contributed by atoms with Gasteiger partial charge in [0.25, 0.3) is 0 Å². The molecule has 3 heteroatoms. The highest BCUT2D eigenvalue weighted by Gasteiger charge is 2.23. The highest BCUT2D eigenvalue weighted by Crippen LogP contribution is 2.53. The molecule has 18 heavy (non-hydrogen) atoms. The van der Waals surface area contributed by atoms with Crippen molar-refractivity contribution in [3.8, 4) is 0 Å². The van der Waals surface area contributed by atoms with E-state index in [0.29, 0.717) is 0 Å². The number of fused-ring (bicyclic) bond motifs is 2. The predicted octanol–water partition coefficient (Wildman–Crippen LogP) is 5.99. The van der Waals surface area contributed by atoms with Gasteiger partial charge in [-0.05, 0) is 65.5 Å². The van der Waals surface area contributed by atoms with Gasteiger partial charge in [-0.3, -0.25) is 0 Å². The Balaban J connectivity index is 2.25. The molecule has 1 aliphatic rings. The topological polar surface area (TPSA) is 0 Å². The highest BCUT2D eigenvalue weighted by atomic mass is 79.9. The summed E-state index contributed by atoms with van der Waals surface area (Å²) in [5, 5.41) is 0. The van der Waals surface area contributed by atoms with Gasteiger partial charge in [-0.1, -0.05) is 35.7 Å². The quantitative estimate of drug-likeness (QED) is 0.494. The Morgan fingerprint density at radius 3 is 1.94 bits per heavy atom. The van der Waals surface area contributed by atoms with E-state index in [2.05, 4.69) is 61.0 Å². The number of hydrogen-bond donors (Lipinski definition) is 0. The smallest absolute Gasteiger partial charge is 0.0410 e. The van der Waals surface area contributed by atoms with Crippen LogP contribution in [0, 0.1) is 20.8 Å². The Morgan fingerprint density at radius 2 is 1.33 bits per heavy atom. The lowest BCUT2D eigenvalue weighted by molar-refractivity contribution is 1.05. The van der Waals surface area contributed by atoms with Crippen molar-refractivity contribution in [1.82, 2.24) is 0 Å². The maximum atomic E-state index is 3.77. The van der Waals surface area contributed by atoms with Gasteiger partial charge in [0.2, 0.25) is 0 Å². The van der Waals surface area contributed by atoms with E-state index in [1.54, 1.807) is 0 Å². The predicted molar refractivity (Wildman–Crippen MR) is 83.0 cm³/mol. The fourth-order valence-electron chi connectivity index (χ4n) is 2.11. The van der Waals surface area contributed by atoms with Crippen LogP contribution >= 0.6 is 39.5 Å². The molecule has 0 radical (unpaired) electrons. The summed E-state index contributed by atoms with van der Waals surface area (Å²) in [6, 6.07) is 8.63. The molecule has 0 atom stereocenters. The summed E-state index contributed by atoms with van der Waals surface area (Å²) in [4.78, 5) is 5.51. The molecule has 0 saturated heterocycles. The van der Waals surface area contributed by atoms with Crippen molar-refractivity contribution in [2.75, 3.05) is 0 Å². The van der Waals surface area contributed by atoms with Crippen LogP contribution in [0.4, 0.5) is 0 Å². The van der Waals surface area contributed by atoms with E-state index in [-0.39, 0.29) is 0 Å². The second-order valence-corrected chi connectivity index (χ2v) is 7.40. The van der Waals surface area contributed by atoms with Crippen LogP contribution in [-0.2, 0) is 0 Å². The molecule has 0 amide bonds. The van der Waals surface area contributed by atoms with E-state index < -0.39 is 0 Å². The zero-order valence-electron chi connectivity index (χ0n) is 10.5. The third kappa shape index (κ3) is 1.84. The second-order valence-electron chi connectivity index (χ2n) is 4.50. The molecule has 0 aliphatic carbocycles. The van der Waals surface area contributed by atoms with E-state index in [1.165, 1.54) is 40.7 Å². The molecule has 0 nitrogen and oxygen atoms in total. The zero-order valence-corrected chi connectivity index (χ0v) is 13.7. The monoisotopic (exact) mass is 336 g/mol. The average Bonchev–Trinajstić information content (AvgIpc) is 2.41. The Kier molecular flexibility index (Phi) is 3.25. The first-order valence-electron chi connectivity index (χ1n) is 5.83. The molecule has 2 aromatic carbocycles. The fourth-order valence-corrected chi connectivity index (χ4v) is 5.54. The van der Waals surface area contributed by atoms with Gasteiger partial charge in [0.15, 0.2) is 0 Å². The van der Waals surface area contributed by atoms with Gasteiger partial charge in [-0.2, -0.15) is 0 Å². The minimum absolute atomic E-state index is 1.26. The second kappa shape index (κ2) is 4.62. The van der Waals surface area contributed by atoms with Crippen LogP contribution in [-0.4, -0.2) is 0 Å². The number of halogens is 1. The lowest BCUT2D eigenvalue weighted by Crippen LogP contribution is -1.98. The van der Waals surface area contributed by atoms with Crippen molar-refractivity contribution in [1.29, 1.82) is 0 Å². The van der Waals surface area contributed by atoms with E-state index in [4.69, 9.17) is 0 Å². The van der Waals surface area contributed by atoms with Crippen molar-refractivity contribution < 1.29 is 0 Å². The highest BCUT2D eigenvalue weighted by molar-refractivity contribution is 9.10. The molecular formula is C15H13BrS2. The van der Waals surface area contributed by atoms with Crippen LogP contribution in [0.15, 0.2) is 48.3 Å². The molecular weight excluding hydrogens is 324 g/mol. The molecule has 0 bridgehead atoms. The molecule has 92 valence electrons. The van der Waals surface area contributed by atoms with Crippen molar-refractivity contribution in [3.63, 3.8) is 0 Å². The van der Waals surface area contributed by atoms with Crippen molar-refractivity contribution >= 4 is 39.5 Å². The van der Waals surface area contributed by atoms with Gasteiger partial charge in [0.1, 0.15) is 0 Å². The number of benzene rings is 2. The summed E-state index contributed by atoms with van der Waals surface area (Å²) >= 11 is 7.54. The Hall–Kier alpha value is -0.380. The third-order valence-electron chi connectivity index (χ3n) is 3.47. The molecule has 0 aromatic heterocycles.